The molecule has 0 spiro atoms. The van der Waals surface area contributed by atoms with E-state index in [9.17, 15) is 9.59 Å². The number of nitriles is 1. The highest BCUT2D eigenvalue weighted by molar-refractivity contribution is 5.91. The molecule has 4 rings (SSSR count). The van der Waals surface area contributed by atoms with E-state index in [4.69, 9.17) is 5.26 Å². The molecule has 0 bridgehead atoms. The average Bonchev–Trinajstić information content (AvgIpc) is 3.24. The minimum Gasteiger partial charge on any atom is -0.277 e. The molecule has 0 fully saturated rings. The van der Waals surface area contributed by atoms with E-state index in [1.165, 1.54) is 9.42 Å². The van der Waals surface area contributed by atoms with Crippen molar-refractivity contribution in [1.82, 2.24) is 19.6 Å². The molecule has 4 aromatic rings. The van der Waals surface area contributed by atoms with Gasteiger partial charge >= 0.3 is 0 Å². The number of carbonyl (C=O) groups is 1. The summed E-state index contributed by atoms with van der Waals surface area (Å²) in [5.74, 6) is 0.278. The van der Waals surface area contributed by atoms with Crippen molar-refractivity contribution in [1.29, 1.82) is 5.26 Å². The first-order valence-electron chi connectivity index (χ1n) is 10.3. The second-order valence-corrected chi connectivity index (χ2v) is 7.47. The monoisotopic (exact) mass is 426 g/mol. The van der Waals surface area contributed by atoms with Crippen molar-refractivity contribution in [2.24, 2.45) is 0 Å². The fourth-order valence-corrected chi connectivity index (χ4v) is 3.56. The maximum Gasteiger partial charge on any atom is 0.277 e. The quantitative estimate of drug-likeness (QED) is 0.510. The van der Waals surface area contributed by atoms with E-state index >= 15 is 0 Å². The SMILES string of the molecule is CCC(=O)N(Cc1cccc(C#N)c1)c1nc2nc(C)c(Cc3ccccc3)c(=O)n2[nH]1. The van der Waals surface area contributed by atoms with E-state index in [1.54, 1.807) is 32.0 Å². The molecule has 2 heterocycles. The Hall–Kier alpha value is -4.25. The Morgan fingerprint density at radius 3 is 2.59 bits per heavy atom. The van der Waals surface area contributed by atoms with E-state index in [0.29, 0.717) is 23.2 Å². The summed E-state index contributed by atoms with van der Waals surface area (Å²) < 4.78 is 1.28. The number of carbonyl (C=O) groups excluding carboxylic acids is 1. The van der Waals surface area contributed by atoms with E-state index < -0.39 is 0 Å². The first kappa shape index (κ1) is 21.0. The van der Waals surface area contributed by atoms with E-state index in [-0.39, 0.29) is 36.2 Å². The summed E-state index contributed by atoms with van der Waals surface area (Å²) >= 11 is 0. The molecular weight excluding hydrogens is 404 g/mol. The number of nitrogens with zero attached hydrogens (tertiary/aromatic N) is 5. The van der Waals surface area contributed by atoms with Gasteiger partial charge in [0.05, 0.1) is 23.9 Å². The van der Waals surface area contributed by atoms with Gasteiger partial charge in [-0.15, -0.1) is 0 Å². The third kappa shape index (κ3) is 4.14. The molecule has 1 N–H and O–H groups in total. The lowest BCUT2D eigenvalue weighted by atomic mass is 10.1. The number of hydrogen-bond donors (Lipinski definition) is 1. The zero-order chi connectivity index (χ0) is 22.7. The molecule has 0 saturated carbocycles. The molecule has 160 valence electrons. The van der Waals surface area contributed by atoms with E-state index in [0.717, 1.165) is 11.1 Å². The third-order valence-corrected chi connectivity index (χ3v) is 5.26. The molecule has 0 atom stereocenters. The van der Waals surface area contributed by atoms with Gasteiger partial charge in [0.1, 0.15) is 0 Å². The summed E-state index contributed by atoms with van der Waals surface area (Å²) in [6.07, 6.45) is 0.712. The van der Waals surface area contributed by atoms with Crippen LogP contribution in [0.15, 0.2) is 59.4 Å². The molecule has 1 amide bonds. The van der Waals surface area contributed by atoms with Gasteiger partial charge in [-0.3, -0.25) is 19.6 Å². The van der Waals surface area contributed by atoms with Crippen LogP contribution in [0.2, 0.25) is 0 Å². The Kier molecular flexibility index (Phi) is 5.81. The molecule has 0 saturated heterocycles. The fourth-order valence-electron chi connectivity index (χ4n) is 3.56. The minimum atomic E-state index is -0.245. The first-order chi connectivity index (χ1) is 15.5. The summed E-state index contributed by atoms with van der Waals surface area (Å²) in [7, 11) is 0. The van der Waals surface area contributed by atoms with Crippen molar-refractivity contribution in [3.8, 4) is 6.07 Å². The van der Waals surface area contributed by atoms with Gasteiger partial charge in [-0.05, 0) is 30.2 Å². The molecular formula is C24H22N6O2. The van der Waals surface area contributed by atoms with Crippen molar-refractivity contribution in [3.05, 3.63) is 92.9 Å². The average molecular weight is 426 g/mol. The molecule has 0 aliphatic carbocycles. The second kappa shape index (κ2) is 8.86. The standard InChI is InChI=1S/C24H22N6O2/c1-3-21(31)29(15-19-11-7-10-18(12-19)14-25)24-27-23-26-16(2)20(22(32)30(23)28-24)13-17-8-5-4-6-9-17/h4-12H,3,13,15H2,1-2H3,(H,26,27,28). The molecule has 32 heavy (non-hydrogen) atoms. The molecule has 2 aromatic heterocycles. The van der Waals surface area contributed by atoms with Gasteiger partial charge in [0.15, 0.2) is 0 Å². The normalized spacial score (nSPS) is 10.8. The number of nitrogens with one attached hydrogen (secondary N) is 1. The highest BCUT2D eigenvalue weighted by atomic mass is 16.2. The molecule has 8 nitrogen and oxygen atoms in total. The third-order valence-electron chi connectivity index (χ3n) is 5.26. The number of aromatic amines is 1. The molecule has 8 heteroatoms. The Balaban J connectivity index is 1.74. The van der Waals surface area contributed by atoms with Gasteiger partial charge in [-0.1, -0.05) is 49.4 Å². The van der Waals surface area contributed by atoms with Crippen LogP contribution in [0.25, 0.3) is 5.78 Å². The minimum absolute atomic E-state index is 0.166. The highest BCUT2D eigenvalue weighted by Gasteiger charge is 2.21. The predicted molar refractivity (Wildman–Crippen MR) is 120 cm³/mol. The van der Waals surface area contributed by atoms with Gasteiger partial charge < -0.3 is 0 Å². The smallest absolute Gasteiger partial charge is 0.277 e. The number of rotatable bonds is 6. The van der Waals surface area contributed by atoms with Crippen molar-refractivity contribution in [2.45, 2.75) is 33.2 Å². The maximum absolute atomic E-state index is 13.2. The van der Waals surface area contributed by atoms with Gasteiger partial charge in [0, 0.05) is 18.4 Å². The molecule has 0 aliphatic heterocycles. The maximum atomic E-state index is 13.2. The lowest BCUT2D eigenvalue weighted by Crippen LogP contribution is -2.31. The van der Waals surface area contributed by atoms with Gasteiger partial charge in [-0.25, -0.2) is 4.98 Å². The van der Waals surface area contributed by atoms with Crippen LogP contribution in [-0.4, -0.2) is 25.5 Å². The first-order valence-corrected chi connectivity index (χ1v) is 10.3. The summed E-state index contributed by atoms with van der Waals surface area (Å²) in [6, 6.07) is 18.9. The van der Waals surface area contributed by atoms with Gasteiger partial charge in [0.25, 0.3) is 11.3 Å². The summed E-state index contributed by atoms with van der Waals surface area (Å²) in [5.41, 5.74) is 3.23. The number of aryl methyl sites for hydroxylation is 1. The topological polar surface area (TPSA) is 107 Å². The van der Waals surface area contributed by atoms with Gasteiger partial charge in [-0.2, -0.15) is 14.8 Å². The highest BCUT2D eigenvalue weighted by Crippen LogP contribution is 2.17. The number of anilines is 1. The van der Waals surface area contributed by atoms with E-state index in [2.05, 4.69) is 21.1 Å². The van der Waals surface area contributed by atoms with Crippen molar-refractivity contribution in [3.63, 3.8) is 0 Å². The van der Waals surface area contributed by atoms with Crippen LogP contribution in [0, 0.1) is 18.3 Å². The van der Waals surface area contributed by atoms with Crippen molar-refractivity contribution < 1.29 is 4.79 Å². The second-order valence-electron chi connectivity index (χ2n) is 7.47. The number of amides is 1. The molecule has 0 radical (unpaired) electrons. The van der Waals surface area contributed by atoms with E-state index in [1.807, 2.05) is 36.4 Å². The van der Waals surface area contributed by atoms with Crippen LogP contribution in [0.5, 0.6) is 0 Å². The van der Waals surface area contributed by atoms with Crippen LogP contribution >= 0.6 is 0 Å². The van der Waals surface area contributed by atoms with Crippen LogP contribution in [0.1, 0.15) is 41.3 Å². The zero-order valence-corrected chi connectivity index (χ0v) is 17.9. The predicted octanol–water partition coefficient (Wildman–Crippen LogP) is 3.13. The van der Waals surface area contributed by atoms with Crippen LogP contribution < -0.4 is 10.5 Å². The molecule has 0 unspecified atom stereocenters. The number of benzene rings is 2. The lowest BCUT2D eigenvalue weighted by Gasteiger charge is -2.19. The summed E-state index contributed by atoms with van der Waals surface area (Å²) in [5, 5.41) is 12.1. The number of aromatic nitrogens is 4. The summed E-state index contributed by atoms with van der Waals surface area (Å²) in [4.78, 5) is 36.3. The number of hydrogen-bond acceptors (Lipinski definition) is 5. The number of H-pyrrole nitrogens is 1. The molecule has 0 aliphatic rings. The fraction of sp³-hybridized carbons (Fsp3) is 0.208. The summed E-state index contributed by atoms with van der Waals surface area (Å²) in [6.45, 7) is 3.76. The van der Waals surface area contributed by atoms with Crippen LogP contribution in [0.4, 0.5) is 5.95 Å². The largest absolute Gasteiger partial charge is 0.277 e. The molecule has 2 aromatic carbocycles. The lowest BCUT2D eigenvalue weighted by molar-refractivity contribution is -0.118. The van der Waals surface area contributed by atoms with Gasteiger partial charge in [0.2, 0.25) is 11.9 Å². The number of fused-ring (bicyclic) bond motifs is 1. The zero-order valence-electron chi connectivity index (χ0n) is 17.9. The Morgan fingerprint density at radius 1 is 1.12 bits per heavy atom. The Labute approximate surface area is 184 Å². The van der Waals surface area contributed by atoms with Crippen LogP contribution in [-0.2, 0) is 17.8 Å². The Morgan fingerprint density at radius 2 is 1.88 bits per heavy atom. The van der Waals surface area contributed by atoms with Crippen molar-refractivity contribution in [2.75, 3.05) is 4.90 Å². The van der Waals surface area contributed by atoms with Crippen LogP contribution in [0.3, 0.4) is 0 Å². The van der Waals surface area contributed by atoms with Crippen molar-refractivity contribution >= 4 is 17.6 Å². The Bertz CT molecular complexity index is 1380.